The number of methoxy groups -OCH3 is 1. The molecule has 5 rings (SSSR count). The average molecular weight is 515 g/mol. The highest BCUT2D eigenvalue weighted by Gasteiger charge is 2.47. The van der Waals surface area contributed by atoms with Crippen LogP contribution in [0.3, 0.4) is 0 Å². The molecule has 1 N–H and O–H groups in total. The molecule has 2 heterocycles. The second-order valence-corrected chi connectivity index (χ2v) is 9.30. The maximum atomic E-state index is 13.6. The second-order valence-electron chi connectivity index (χ2n) is 9.30. The van der Waals surface area contributed by atoms with E-state index in [1.807, 2.05) is 44.0 Å². The molecule has 0 radical (unpaired) electrons. The number of ether oxygens (including phenoxy) is 3. The molecule has 2 aliphatic heterocycles. The van der Waals surface area contributed by atoms with Crippen molar-refractivity contribution in [3.8, 4) is 17.2 Å². The van der Waals surface area contributed by atoms with Crippen LogP contribution in [-0.4, -0.2) is 50.7 Å². The first-order valence-corrected chi connectivity index (χ1v) is 12.5. The van der Waals surface area contributed by atoms with Crippen LogP contribution in [0.4, 0.5) is 11.4 Å². The Balaban J connectivity index is 1.72. The molecule has 0 aliphatic carbocycles. The predicted molar refractivity (Wildman–Crippen MR) is 145 cm³/mol. The number of rotatable bonds is 6. The van der Waals surface area contributed by atoms with Crippen molar-refractivity contribution in [2.75, 3.05) is 43.7 Å². The monoisotopic (exact) mass is 514 g/mol. The van der Waals surface area contributed by atoms with Crippen molar-refractivity contribution in [2.24, 2.45) is 0 Å². The smallest absolute Gasteiger partial charge is 0.300 e. The first-order chi connectivity index (χ1) is 18.3. The summed E-state index contributed by atoms with van der Waals surface area (Å²) in [6, 6.07) is 17.0. The van der Waals surface area contributed by atoms with Crippen molar-refractivity contribution in [3.63, 3.8) is 0 Å². The molecule has 0 bridgehead atoms. The lowest BCUT2D eigenvalue weighted by molar-refractivity contribution is -0.132. The van der Waals surface area contributed by atoms with Crippen molar-refractivity contribution in [1.29, 1.82) is 0 Å². The van der Waals surface area contributed by atoms with Crippen molar-refractivity contribution < 1.29 is 28.9 Å². The number of hydrogen-bond acceptors (Lipinski definition) is 7. The van der Waals surface area contributed by atoms with Crippen LogP contribution < -0.4 is 24.0 Å². The van der Waals surface area contributed by atoms with E-state index in [0.717, 1.165) is 11.3 Å². The summed E-state index contributed by atoms with van der Waals surface area (Å²) in [7, 11) is 3.49. The summed E-state index contributed by atoms with van der Waals surface area (Å²) in [5, 5.41) is 11.6. The van der Waals surface area contributed by atoms with Gasteiger partial charge in [-0.05, 0) is 67.4 Å². The number of aliphatic hydroxyl groups is 1. The fourth-order valence-corrected chi connectivity index (χ4v) is 4.98. The number of likely N-dealkylation sites (N-methyl/N-ethyl adjacent to an activating group) is 1. The molecule has 2 aliphatic rings. The topological polar surface area (TPSA) is 88.5 Å². The summed E-state index contributed by atoms with van der Waals surface area (Å²) in [6.45, 7) is 5.45. The van der Waals surface area contributed by atoms with Crippen LogP contribution in [0.1, 0.15) is 29.7 Å². The average Bonchev–Trinajstić information content (AvgIpc) is 3.18. The molecule has 3 aromatic rings. The van der Waals surface area contributed by atoms with Gasteiger partial charge in [0.25, 0.3) is 11.7 Å². The van der Waals surface area contributed by atoms with E-state index < -0.39 is 17.7 Å². The lowest BCUT2D eigenvalue weighted by Crippen LogP contribution is -2.29. The predicted octanol–water partition coefficient (Wildman–Crippen LogP) is 4.86. The molecule has 196 valence electrons. The molecule has 1 unspecified atom stereocenters. The normalized spacial score (nSPS) is 18.3. The first kappa shape index (κ1) is 25.2. The molecule has 8 nitrogen and oxygen atoms in total. The standard InChI is InChI=1S/C30H30N2O6/c1-5-37-25-17-19(9-12-24(25)36-4)27-26(29(34)30(35)32(27)21-8-6-7-18(2)15-21)28(33)20-10-11-23-22(16-20)31(3)13-14-38-23/h6-12,15-17,27,33H,5,13-14H2,1-4H3/b28-26+. The van der Waals surface area contributed by atoms with Crippen LogP contribution in [0.5, 0.6) is 17.2 Å². The van der Waals surface area contributed by atoms with Crippen molar-refractivity contribution >= 4 is 28.8 Å². The van der Waals surface area contributed by atoms with E-state index in [4.69, 9.17) is 14.2 Å². The number of fused-ring (bicyclic) bond motifs is 1. The number of anilines is 2. The van der Waals surface area contributed by atoms with E-state index in [2.05, 4.69) is 0 Å². The molecule has 0 spiro atoms. The van der Waals surface area contributed by atoms with E-state index in [1.165, 1.54) is 4.90 Å². The van der Waals surface area contributed by atoms with Crippen LogP contribution in [0.2, 0.25) is 0 Å². The molecular weight excluding hydrogens is 484 g/mol. The van der Waals surface area contributed by atoms with Gasteiger partial charge in [-0.15, -0.1) is 0 Å². The molecular formula is C30H30N2O6. The Morgan fingerprint density at radius 3 is 2.63 bits per heavy atom. The lowest BCUT2D eigenvalue weighted by atomic mass is 9.94. The summed E-state index contributed by atoms with van der Waals surface area (Å²) in [6.07, 6.45) is 0. The molecule has 38 heavy (non-hydrogen) atoms. The third kappa shape index (κ3) is 4.32. The fraction of sp³-hybridized carbons (Fsp3) is 0.267. The molecule has 0 aromatic heterocycles. The van der Waals surface area contributed by atoms with Gasteiger partial charge in [0.15, 0.2) is 11.5 Å². The maximum absolute atomic E-state index is 13.6. The number of Topliss-reactive ketones (excluding diaryl/α,β-unsaturated/α-hetero) is 1. The zero-order valence-electron chi connectivity index (χ0n) is 21.9. The molecule has 8 heteroatoms. The minimum Gasteiger partial charge on any atom is -0.507 e. The Kier molecular flexibility index (Phi) is 6.72. The number of aryl methyl sites for hydroxylation is 1. The Labute approximate surface area is 221 Å². The summed E-state index contributed by atoms with van der Waals surface area (Å²) in [5.41, 5.74) is 3.33. The number of amides is 1. The number of nitrogens with zero attached hydrogens (tertiary/aromatic N) is 2. The lowest BCUT2D eigenvalue weighted by Gasteiger charge is -2.28. The summed E-state index contributed by atoms with van der Waals surface area (Å²) >= 11 is 0. The zero-order valence-corrected chi connectivity index (χ0v) is 21.9. The van der Waals surface area contributed by atoms with E-state index in [9.17, 15) is 14.7 Å². The van der Waals surface area contributed by atoms with Crippen LogP contribution in [-0.2, 0) is 9.59 Å². The van der Waals surface area contributed by atoms with Gasteiger partial charge in [-0.3, -0.25) is 14.5 Å². The summed E-state index contributed by atoms with van der Waals surface area (Å²) in [4.78, 5) is 30.5. The van der Waals surface area contributed by atoms with Crippen LogP contribution >= 0.6 is 0 Å². The molecule has 1 atom stereocenters. The highest BCUT2D eigenvalue weighted by atomic mass is 16.5. The Hall–Kier alpha value is -4.46. The highest BCUT2D eigenvalue weighted by molar-refractivity contribution is 6.51. The molecule has 1 saturated heterocycles. The molecule has 3 aromatic carbocycles. The van der Waals surface area contributed by atoms with E-state index in [1.54, 1.807) is 49.6 Å². The van der Waals surface area contributed by atoms with Gasteiger partial charge in [0.1, 0.15) is 18.1 Å². The maximum Gasteiger partial charge on any atom is 0.300 e. The van der Waals surface area contributed by atoms with Gasteiger partial charge in [-0.1, -0.05) is 18.2 Å². The van der Waals surface area contributed by atoms with Crippen LogP contribution in [0.15, 0.2) is 66.2 Å². The van der Waals surface area contributed by atoms with Gasteiger partial charge in [0, 0.05) is 18.3 Å². The van der Waals surface area contributed by atoms with Crippen molar-refractivity contribution in [2.45, 2.75) is 19.9 Å². The molecule has 1 fully saturated rings. The Morgan fingerprint density at radius 2 is 1.89 bits per heavy atom. The van der Waals surface area contributed by atoms with E-state index in [0.29, 0.717) is 53.8 Å². The number of carbonyl (C=O) groups is 2. The van der Waals surface area contributed by atoms with Gasteiger partial charge in [0.2, 0.25) is 0 Å². The number of hydrogen-bond donors (Lipinski definition) is 1. The second kappa shape index (κ2) is 10.1. The van der Waals surface area contributed by atoms with E-state index >= 15 is 0 Å². The largest absolute Gasteiger partial charge is 0.507 e. The van der Waals surface area contributed by atoms with Gasteiger partial charge in [-0.2, -0.15) is 0 Å². The molecule has 1 amide bonds. The first-order valence-electron chi connectivity index (χ1n) is 12.5. The number of aliphatic hydroxyl groups excluding tert-OH is 1. The van der Waals surface area contributed by atoms with Crippen molar-refractivity contribution in [3.05, 3.63) is 82.9 Å². The minimum atomic E-state index is -0.882. The Bertz CT molecular complexity index is 1450. The molecule has 0 saturated carbocycles. The number of benzene rings is 3. The fourth-order valence-electron chi connectivity index (χ4n) is 4.98. The van der Waals surface area contributed by atoms with Gasteiger partial charge in [-0.25, -0.2) is 0 Å². The zero-order chi connectivity index (χ0) is 27.0. The Morgan fingerprint density at radius 1 is 1.08 bits per heavy atom. The minimum absolute atomic E-state index is 0.00320. The van der Waals surface area contributed by atoms with Gasteiger partial charge in [0.05, 0.1) is 37.6 Å². The van der Waals surface area contributed by atoms with Crippen molar-refractivity contribution in [1.82, 2.24) is 0 Å². The van der Waals surface area contributed by atoms with Gasteiger partial charge < -0.3 is 24.2 Å². The third-order valence-corrected chi connectivity index (χ3v) is 6.86. The third-order valence-electron chi connectivity index (χ3n) is 6.86. The highest BCUT2D eigenvalue weighted by Crippen LogP contribution is 2.45. The summed E-state index contributed by atoms with van der Waals surface area (Å²) in [5.74, 6) is -0.0159. The van der Waals surface area contributed by atoms with E-state index in [-0.39, 0.29) is 11.3 Å². The number of carbonyl (C=O) groups excluding carboxylic acids is 2. The quantitative estimate of drug-likeness (QED) is 0.286. The van der Waals surface area contributed by atoms with Gasteiger partial charge >= 0.3 is 0 Å². The SMILES string of the molecule is CCOc1cc(C2/C(=C(\O)c3ccc4c(c3)N(C)CCO4)C(=O)C(=O)N2c2cccc(C)c2)ccc1OC. The number of ketones is 1. The van der Waals surface area contributed by atoms with Crippen LogP contribution in [0, 0.1) is 6.92 Å². The summed E-state index contributed by atoms with van der Waals surface area (Å²) < 4.78 is 17.0. The van der Waals surface area contributed by atoms with Crippen LogP contribution in [0.25, 0.3) is 5.76 Å².